The predicted octanol–water partition coefficient (Wildman–Crippen LogP) is 0.607. The van der Waals surface area contributed by atoms with Gasteiger partial charge in [-0.3, -0.25) is 14.4 Å². The van der Waals surface area contributed by atoms with Gasteiger partial charge in [0.15, 0.2) is 0 Å². The summed E-state index contributed by atoms with van der Waals surface area (Å²) >= 11 is 0. The molecule has 0 aromatic heterocycles. The normalized spacial score (nSPS) is 12.5. The third-order valence-electron chi connectivity index (χ3n) is 2.36. The van der Waals surface area contributed by atoms with E-state index in [2.05, 4.69) is 10.6 Å². The molecule has 2 N–H and O–H groups in total. The second-order valence-electron chi connectivity index (χ2n) is 5.29. The maximum Gasteiger partial charge on any atom is 0.307 e. The Bertz CT molecular complexity index is 334. The van der Waals surface area contributed by atoms with E-state index >= 15 is 0 Å². The minimum Gasteiger partial charge on any atom is -0.466 e. The van der Waals surface area contributed by atoms with Crippen molar-refractivity contribution in [1.82, 2.24) is 10.6 Å². The monoisotopic (exact) mass is 272 g/mol. The van der Waals surface area contributed by atoms with Gasteiger partial charge in [0.25, 0.3) is 0 Å². The van der Waals surface area contributed by atoms with Crippen LogP contribution >= 0.6 is 0 Å². The lowest BCUT2D eigenvalue weighted by atomic mass is 9.95. The number of amides is 2. The summed E-state index contributed by atoms with van der Waals surface area (Å²) in [5, 5.41) is 5.19. The first kappa shape index (κ1) is 17.4. The van der Waals surface area contributed by atoms with Crippen molar-refractivity contribution in [3.8, 4) is 0 Å². The van der Waals surface area contributed by atoms with Crippen molar-refractivity contribution >= 4 is 17.8 Å². The molecule has 6 heteroatoms. The molecule has 0 heterocycles. The zero-order valence-electron chi connectivity index (χ0n) is 12.3. The van der Waals surface area contributed by atoms with Crippen molar-refractivity contribution in [3.05, 3.63) is 0 Å². The first-order chi connectivity index (χ1) is 8.68. The van der Waals surface area contributed by atoms with E-state index in [1.165, 1.54) is 0 Å². The van der Waals surface area contributed by atoms with Gasteiger partial charge < -0.3 is 15.4 Å². The number of carbonyl (C=O) groups is 3. The SMILES string of the molecule is CCOC(=O)CCNC(=O)C(C)NC(=O)C(C)(C)C. The van der Waals surface area contributed by atoms with Crippen LogP contribution in [0.5, 0.6) is 0 Å². The summed E-state index contributed by atoms with van der Waals surface area (Å²) in [6, 6.07) is -0.631. The highest BCUT2D eigenvalue weighted by Crippen LogP contribution is 2.12. The van der Waals surface area contributed by atoms with Gasteiger partial charge in [0.05, 0.1) is 13.0 Å². The van der Waals surface area contributed by atoms with Gasteiger partial charge >= 0.3 is 5.97 Å². The van der Waals surface area contributed by atoms with E-state index in [-0.39, 0.29) is 30.7 Å². The quantitative estimate of drug-likeness (QED) is 0.694. The molecule has 0 aliphatic rings. The third-order valence-corrected chi connectivity index (χ3v) is 2.36. The van der Waals surface area contributed by atoms with Gasteiger partial charge in [-0.1, -0.05) is 20.8 Å². The summed E-state index contributed by atoms with van der Waals surface area (Å²) in [5.41, 5.74) is -0.542. The standard InChI is InChI=1S/C13H24N2O4/c1-6-19-10(16)7-8-14-11(17)9(2)15-12(18)13(3,4)5/h9H,6-8H2,1-5H3,(H,14,17)(H,15,18). The largest absolute Gasteiger partial charge is 0.466 e. The summed E-state index contributed by atoms with van der Waals surface area (Å²) in [6.45, 7) is 9.16. The molecule has 0 aromatic carbocycles. The molecule has 0 saturated heterocycles. The van der Waals surface area contributed by atoms with Crippen LogP contribution in [0.2, 0.25) is 0 Å². The van der Waals surface area contributed by atoms with Gasteiger partial charge in [0, 0.05) is 12.0 Å². The number of esters is 1. The zero-order chi connectivity index (χ0) is 15.1. The van der Waals surface area contributed by atoms with Crippen LogP contribution < -0.4 is 10.6 Å². The lowest BCUT2D eigenvalue weighted by Gasteiger charge is -2.21. The molecule has 2 amide bonds. The molecule has 0 bridgehead atoms. The molecule has 0 spiro atoms. The second-order valence-corrected chi connectivity index (χ2v) is 5.29. The summed E-state index contributed by atoms with van der Waals surface area (Å²) < 4.78 is 4.73. The Morgan fingerprint density at radius 1 is 1.21 bits per heavy atom. The van der Waals surface area contributed by atoms with Crippen LogP contribution in [0, 0.1) is 5.41 Å². The highest BCUT2D eigenvalue weighted by molar-refractivity contribution is 5.89. The Labute approximate surface area is 114 Å². The van der Waals surface area contributed by atoms with E-state index in [0.29, 0.717) is 6.61 Å². The zero-order valence-corrected chi connectivity index (χ0v) is 12.3. The molecule has 0 aliphatic carbocycles. The smallest absolute Gasteiger partial charge is 0.307 e. The van der Waals surface area contributed by atoms with Crippen LogP contribution in [0.1, 0.15) is 41.0 Å². The fraction of sp³-hybridized carbons (Fsp3) is 0.769. The van der Waals surface area contributed by atoms with Crippen molar-refractivity contribution in [2.45, 2.75) is 47.1 Å². The summed E-state index contributed by atoms with van der Waals surface area (Å²) in [5.74, 6) is -0.864. The fourth-order valence-corrected chi connectivity index (χ4v) is 1.15. The number of rotatable bonds is 6. The van der Waals surface area contributed by atoms with Crippen molar-refractivity contribution < 1.29 is 19.1 Å². The van der Waals surface area contributed by atoms with Crippen LogP contribution in [0.15, 0.2) is 0 Å². The first-order valence-electron chi connectivity index (χ1n) is 6.42. The maximum atomic E-state index is 11.7. The van der Waals surface area contributed by atoms with Crippen LogP contribution in [0.25, 0.3) is 0 Å². The average Bonchev–Trinajstić information content (AvgIpc) is 2.27. The summed E-state index contributed by atoms with van der Waals surface area (Å²) in [6.07, 6.45) is 0.125. The van der Waals surface area contributed by atoms with E-state index < -0.39 is 11.5 Å². The van der Waals surface area contributed by atoms with Crippen molar-refractivity contribution in [2.75, 3.05) is 13.2 Å². The topological polar surface area (TPSA) is 84.5 Å². The van der Waals surface area contributed by atoms with Gasteiger partial charge in [0.1, 0.15) is 6.04 Å². The molecule has 0 aliphatic heterocycles. The fourth-order valence-electron chi connectivity index (χ4n) is 1.15. The van der Waals surface area contributed by atoms with Gasteiger partial charge in [0.2, 0.25) is 11.8 Å². The maximum absolute atomic E-state index is 11.7. The molecule has 0 radical (unpaired) electrons. The molecule has 0 fully saturated rings. The Hall–Kier alpha value is -1.59. The lowest BCUT2D eigenvalue weighted by Crippen LogP contribution is -2.48. The van der Waals surface area contributed by atoms with Gasteiger partial charge in [-0.15, -0.1) is 0 Å². The summed E-state index contributed by atoms with van der Waals surface area (Å²) in [7, 11) is 0. The number of hydrogen-bond acceptors (Lipinski definition) is 4. The Morgan fingerprint density at radius 3 is 2.26 bits per heavy atom. The molecule has 0 rings (SSSR count). The minimum absolute atomic E-state index is 0.125. The van der Waals surface area contributed by atoms with Crippen LogP contribution in [-0.2, 0) is 19.1 Å². The molecule has 0 aromatic rings. The number of carbonyl (C=O) groups excluding carboxylic acids is 3. The Kier molecular flexibility index (Phi) is 7.11. The van der Waals surface area contributed by atoms with E-state index in [0.717, 1.165) is 0 Å². The van der Waals surface area contributed by atoms with Crippen molar-refractivity contribution in [3.63, 3.8) is 0 Å². The second kappa shape index (κ2) is 7.76. The Balaban J connectivity index is 4.02. The molecular formula is C13H24N2O4. The first-order valence-corrected chi connectivity index (χ1v) is 6.42. The minimum atomic E-state index is -0.631. The number of ether oxygens (including phenoxy) is 1. The molecule has 6 nitrogen and oxygen atoms in total. The molecule has 1 unspecified atom stereocenters. The summed E-state index contributed by atoms with van der Waals surface area (Å²) in [4.78, 5) is 34.4. The van der Waals surface area contributed by atoms with Crippen LogP contribution in [0.4, 0.5) is 0 Å². The average molecular weight is 272 g/mol. The van der Waals surface area contributed by atoms with Crippen molar-refractivity contribution in [1.29, 1.82) is 0 Å². The van der Waals surface area contributed by atoms with E-state index in [4.69, 9.17) is 4.74 Å². The van der Waals surface area contributed by atoms with Crippen LogP contribution in [-0.4, -0.2) is 37.0 Å². The van der Waals surface area contributed by atoms with Gasteiger partial charge in [-0.2, -0.15) is 0 Å². The van der Waals surface area contributed by atoms with Gasteiger partial charge in [-0.25, -0.2) is 0 Å². The molecule has 110 valence electrons. The third kappa shape index (κ3) is 7.43. The van der Waals surface area contributed by atoms with E-state index in [1.54, 1.807) is 34.6 Å². The van der Waals surface area contributed by atoms with E-state index in [9.17, 15) is 14.4 Å². The molecule has 1 atom stereocenters. The molecular weight excluding hydrogens is 248 g/mol. The van der Waals surface area contributed by atoms with Crippen molar-refractivity contribution in [2.24, 2.45) is 5.41 Å². The predicted molar refractivity (Wildman–Crippen MR) is 71.3 cm³/mol. The highest BCUT2D eigenvalue weighted by atomic mass is 16.5. The lowest BCUT2D eigenvalue weighted by molar-refractivity contribution is -0.143. The Morgan fingerprint density at radius 2 is 1.79 bits per heavy atom. The molecule has 0 saturated carbocycles. The molecule has 19 heavy (non-hydrogen) atoms. The number of nitrogens with one attached hydrogen (secondary N) is 2. The highest BCUT2D eigenvalue weighted by Gasteiger charge is 2.24. The van der Waals surface area contributed by atoms with E-state index in [1.807, 2.05) is 0 Å². The van der Waals surface area contributed by atoms with Crippen LogP contribution in [0.3, 0.4) is 0 Å². The van der Waals surface area contributed by atoms with Gasteiger partial charge in [-0.05, 0) is 13.8 Å². The number of hydrogen-bond donors (Lipinski definition) is 2.